The second-order valence-corrected chi connectivity index (χ2v) is 8.23. The number of carbonyl (C=O) groups excluding carboxylic acids is 1. The van der Waals surface area contributed by atoms with E-state index in [2.05, 4.69) is 20.3 Å². The van der Waals surface area contributed by atoms with E-state index in [4.69, 9.17) is 25.9 Å². The van der Waals surface area contributed by atoms with E-state index in [-0.39, 0.29) is 17.7 Å². The van der Waals surface area contributed by atoms with Gasteiger partial charge in [-0.3, -0.25) is 4.79 Å². The number of H-pyrrole nitrogens is 1. The standard InChI is InChI=1S/C22H26FN7O3/c1-22(10-24)11-32-20(33-12-22)19-29-17(13-2-4-14(23)5-3-13)18(30-19)15-6-8-26-21(28-15)27-9-7-16(25)31/h2-6,8,20H,7,9-12,24H2,1H3,(H2,25,31)(H,29,30)(H,26,27,28). The third-order valence-corrected chi connectivity index (χ3v) is 5.29. The zero-order valence-electron chi connectivity index (χ0n) is 18.2. The maximum atomic E-state index is 13.5. The number of ether oxygens (including phenoxy) is 2. The van der Waals surface area contributed by atoms with Gasteiger partial charge in [0.15, 0.2) is 5.82 Å². The minimum atomic E-state index is -0.701. The molecule has 33 heavy (non-hydrogen) atoms. The molecule has 0 saturated carbocycles. The average molecular weight is 455 g/mol. The Kier molecular flexibility index (Phi) is 6.63. The number of aromatic amines is 1. The molecule has 6 N–H and O–H groups in total. The molecule has 1 amide bonds. The molecule has 0 spiro atoms. The number of anilines is 1. The number of benzene rings is 1. The third-order valence-electron chi connectivity index (χ3n) is 5.29. The summed E-state index contributed by atoms with van der Waals surface area (Å²) >= 11 is 0. The summed E-state index contributed by atoms with van der Waals surface area (Å²) in [5.74, 6) is 0.0248. The van der Waals surface area contributed by atoms with Crippen molar-refractivity contribution >= 4 is 11.9 Å². The van der Waals surface area contributed by atoms with Gasteiger partial charge >= 0.3 is 0 Å². The first-order valence-corrected chi connectivity index (χ1v) is 10.5. The molecule has 1 aliphatic rings. The van der Waals surface area contributed by atoms with Crippen molar-refractivity contribution < 1.29 is 18.7 Å². The van der Waals surface area contributed by atoms with Gasteiger partial charge in [0, 0.05) is 36.7 Å². The number of carbonyl (C=O) groups is 1. The summed E-state index contributed by atoms with van der Waals surface area (Å²) in [6.45, 7) is 3.60. The number of nitrogens with zero attached hydrogens (tertiary/aromatic N) is 3. The van der Waals surface area contributed by atoms with Crippen LogP contribution < -0.4 is 16.8 Å². The molecule has 10 nitrogen and oxygen atoms in total. The van der Waals surface area contributed by atoms with E-state index in [0.29, 0.717) is 60.7 Å². The van der Waals surface area contributed by atoms with Crippen LogP contribution in [0.3, 0.4) is 0 Å². The van der Waals surface area contributed by atoms with Crippen molar-refractivity contribution in [1.82, 2.24) is 19.9 Å². The Hall–Kier alpha value is -3.41. The lowest BCUT2D eigenvalue weighted by molar-refractivity contribution is -0.231. The van der Waals surface area contributed by atoms with Crippen molar-refractivity contribution in [1.29, 1.82) is 0 Å². The topological polar surface area (TPSA) is 154 Å². The number of halogens is 1. The highest BCUT2D eigenvalue weighted by Gasteiger charge is 2.34. The summed E-state index contributed by atoms with van der Waals surface area (Å²) in [5.41, 5.74) is 13.1. The van der Waals surface area contributed by atoms with Crippen molar-refractivity contribution in [3.63, 3.8) is 0 Å². The molecule has 3 aromatic rings. The van der Waals surface area contributed by atoms with Gasteiger partial charge in [0.1, 0.15) is 5.82 Å². The van der Waals surface area contributed by atoms with E-state index in [9.17, 15) is 9.18 Å². The molecular weight excluding hydrogens is 429 g/mol. The molecule has 11 heteroatoms. The van der Waals surface area contributed by atoms with Crippen molar-refractivity contribution in [2.75, 3.05) is 31.6 Å². The lowest BCUT2D eigenvalue weighted by Gasteiger charge is -2.35. The van der Waals surface area contributed by atoms with E-state index < -0.39 is 12.2 Å². The average Bonchev–Trinajstić information content (AvgIpc) is 3.25. The molecule has 1 aromatic carbocycles. The predicted octanol–water partition coefficient (Wildman–Crippen LogP) is 1.97. The highest BCUT2D eigenvalue weighted by atomic mass is 19.1. The molecule has 0 unspecified atom stereocenters. The number of rotatable bonds is 8. The summed E-state index contributed by atoms with van der Waals surface area (Å²) in [6.07, 6.45) is 1.04. The van der Waals surface area contributed by atoms with Crippen LogP contribution >= 0.6 is 0 Å². The zero-order chi connectivity index (χ0) is 23.4. The molecular formula is C22H26FN7O3. The van der Waals surface area contributed by atoms with Crippen LogP contribution in [-0.4, -0.2) is 52.1 Å². The highest BCUT2D eigenvalue weighted by Crippen LogP contribution is 2.35. The number of primary amides is 1. The van der Waals surface area contributed by atoms with Crippen LogP contribution in [0.2, 0.25) is 0 Å². The van der Waals surface area contributed by atoms with Crippen LogP contribution in [0.1, 0.15) is 25.5 Å². The summed E-state index contributed by atoms with van der Waals surface area (Å²) in [4.78, 5) is 27.6. The van der Waals surface area contributed by atoms with Gasteiger partial charge in [0.2, 0.25) is 18.1 Å². The highest BCUT2D eigenvalue weighted by molar-refractivity contribution is 5.77. The Balaban J connectivity index is 1.66. The second-order valence-electron chi connectivity index (χ2n) is 8.23. The fourth-order valence-corrected chi connectivity index (χ4v) is 3.31. The monoisotopic (exact) mass is 455 g/mol. The van der Waals surface area contributed by atoms with E-state index in [1.165, 1.54) is 12.1 Å². The lowest BCUT2D eigenvalue weighted by Crippen LogP contribution is -2.42. The first-order chi connectivity index (χ1) is 15.9. The summed E-state index contributed by atoms with van der Waals surface area (Å²) in [5, 5.41) is 2.97. The third kappa shape index (κ3) is 5.33. The lowest BCUT2D eigenvalue weighted by atomic mass is 9.93. The van der Waals surface area contributed by atoms with Gasteiger partial charge in [-0.15, -0.1) is 0 Å². The van der Waals surface area contributed by atoms with Crippen LogP contribution in [0.5, 0.6) is 0 Å². The van der Waals surface area contributed by atoms with Gasteiger partial charge < -0.3 is 31.2 Å². The number of aromatic nitrogens is 4. The van der Waals surface area contributed by atoms with Crippen LogP contribution in [-0.2, 0) is 14.3 Å². The number of amides is 1. The SMILES string of the molecule is CC1(CN)COC(c2nc(-c3ccc(F)cc3)c(-c3ccnc(NCCC(N)=O)n3)[nH]2)OC1. The maximum Gasteiger partial charge on any atom is 0.223 e. The molecule has 174 valence electrons. The maximum absolute atomic E-state index is 13.5. The van der Waals surface area contributed by atoms with Crippen molar-refractivity contribution in [2.24, 2.45) is 16.9 Å². The van der Waals surface area contributed by atoms with Crippen LogP contribution in [0.4, 0.5) is 10.3 Å². The minimum absolute atomic E-state index is 0.153. The van der Waals surface area contributed by atoms with Crippen molar-refractivity contribution in [3.8, 4) is 22.6 Å². The van der Waals surface area contributed by atoms with Crippen LogP contribution in [0.25, 0.3) is 22.6 Å². The van der Waals surface area contributed by atoms with Gasteiger partial charge in [0.05, 0.1) is 30.3 Å². The summed E-state index contributed by atoms with van der Waals surface area (Å²) in [7, 11) is 0. The van der Waals surface area contributed by atoms with Gasteiger partial charge in [0.25, 0.3) is 0 Å². The molecule has 0 aliphatic carbocycles. The fourth-order valence-electron chi connectivity index (χ4n) is 3.31. The Morgan fingerprint density at radius 3 is 2.64 bits per heavy atom. The van der Waals surface area contributed by atoms with E-state index in [1.54, 1.807) is 24.4 Å². The first kappa shape index (κ1) is 22.8. The molecule has 1 fully saturated rings. The van der Waals surface area contributed by atoms with Crippen LogP contribution in [0, 0.1) is 11.2 Å². The summed E-state index contributed by atoms with van der Waals surface area (Å²) in [6, 6.07) is 7.73. The smallest absolute Gasteiger partial charge is 0.223 e. The van der Waals surface area contributed by atoms with Crippen LogP contribution in [0.15, 0.2) is 36.5 Å². The Labute approximate surface area is 189 Å². The molecule has 0 bridgehead atoms. The molecule has 1 aliphatic heterocycles. The first-order valence-electron chi connectivity index (χ1n) is 10.5. The minimum Gasteiger partial charge on any atom is -0.370 e. The summed E-state index contributed by atoms with van der Waals surface area (Å²) < 4.78 is 25.3. The molecule has 4 rings (SSSR count). The van der Waals surface area contributed by atoms with E-state index in [0.717, 1.165) is 0 Å². The zero-order valence-corrected chi connectivity index (χ0v) is 18.2. The predicted molar refractivity (Wildman–Crippen MR) is 119 cm³/mol. The molecule has 2 aromatic heterocycles. The number of nitrogens with two attached hydrogens (primary N) is 2. The quantitative estimate of drug-likeness (QED) is 0.402. The number of nitrogens with one attached hydrogen (secondary N) is 2. The number of hydrogen-bond donors (Lipinski definition) is 4. The van der Waals surface area contributed by atoms with Gasteiger partial charge in [-0.2, -0.15) is 0 Å². The molecule has 0 radical (unpaired) electrons. The van der Waals surface area contributed by atoms with E-state index in [1.807, 2.05) is 6.92 Å². The van der Waals surface area contributed by atoms with Gasteiger partial charge in [-0.25, -0.2) is 19.3 Å². The Morgan fingerprint density at radius 1 is 1.24 bits per heavy atom. The van der Waals surface area contributed by atoms with E-state index >= 15 is 0 Å². The molecule has 3 heterocycles. The van der Waals surface area contributed by atoms with Crippen molar-refractivity contribution in [2.45, 2.75) is 19.6 Å². The molecule has 0 atom stereocenters. The Morgan fingerprint density at radius 2 is 1.97 bits per heavy atom. The second kappa shape index (κ2) is 9.61. The van der Waals surface area contributed by atoms with Gasteiger partial charge in [-0.05, 0) is 30.3 Å². The normalized spacial score (nSPS) is 20.5. The largest absolute Gasteiger partial charge is 0.370 e. The fraction of sp³-hybridized carbons (Fsp3) is 0.364. The Bertz CT molecular complexity index is 1110. The number of imidazole rings is 1. The van der Waals surface area contributed by atoms with Crippen molar-refractivity contribution in [3.05, 3.63) is 48.2 Å². The number of hydrogen-bond acceptors (Lipinski definition) is 8. The van der Waals surface area contributed by atoms with Gasteiger partial charge in [-0.1, -0.05) is 6.92 Å². The molecule has 1 saturated heterocycles.